The standard InChI is InChI=1S/C17H17N3O4S2/c1-10-4-5-13(6-11(10)2)20-26(22,23)14-8-15(25-9-14)17(21)18-16-7-12(3)24-19-16/h4-9,20H,1-3H3,(H,18,19,21). The van der Waals surface area contributed by atoms with Crippen molar-refractivity contribution in [1.29, 1.82) is 0 Å². The van der Waals surface area contributed by atoms with Gasteiger partial charge >= 0.3 is 0 Å². The first-order valence-electron chi connectivity index (χ1n) is 7.68. The average Bonchev–Trinajstić information content (AvgIpc) is 3.20. The fourth-order valence-corrected chi connectivity index (χ4v) is 4.42. The molecule has 0 atom stereocenters. The number of nitrogens with zero attached hydrogens (tertiary/aromatic N) is 1. The number of anilines is 2. The molecule has 7 nitrogen and oxygen atoms in total. The Labute approximate surface area is 155 Å². The first kappa shape index (κ1) is 18.2. The summed E-state index contributed by atoms with van der Waals surface area (Å²) < 4.78 is 32.5. The largest absolute Gasteiger partial charge is 0.360 e. The molecular formula is C17H17N3O4S2. The van der Waals surface area contributed by atoms with E-state index in [1.807, 2.05) is 19.9 Å². The van der Waals surface area contributed by atoms with Crippen LogP contribution in [-0.2, 0) is 10.0 Å². The second kappa shape index (κ2) is 6.93. The van der Waals surface area contributed by atoms with Gasteiger partial charge in [-0.3, -0.25) is 9.52 Å². The van der Waals surface area contributed by atoms with E-state index < -0.39 is 15.9 Å². The Morgan fingerprint density at radius 3 is 2.54 bits per heavy atom. The Bertz CT molecular complexity index is 1070. The summed E-state index contributed by atoms with van der Waals surface area (Å²) in [6, 6.07) is 8.22. The summed E-state index contributed by atoms with van der Waals surface area (Å²) in [7, 11) is -3.78. The van der Waals surface area contributed by atoms with E-state index in [1.54, 1.807) is 25.1 Å². The number of carbonyl (C=O) groups is 1. The van der Waals surface area contributed by atoms with Crippen molar-refractivity contribution in [2.24, 2.45) is 0 Å². The average molecular weight is 391 g/mol. The maximum absolute atomic E-state index is 12.5. The number of amides is 1. The van der Waals surface area contributed by atoms with Crippen LogP contribution in [0.25, 0.3) is 0 Å². The highest BCUT2D eigenvalue weighted by atomic mass is 32.2. The van der Waals surface area contributed by atoms with Crippen molar-refractivity contribution in [3.8, 4) is 0 Å². The van der Waals surface area contributed by atoms with Gasteiger partial charge in [0.25, 0.3) is 15.9 Å². The van der Waals surface area contributed by atoms with Crippen molar-refractivity contribution in [1.82, 2.24) is 5.16 Å². The molecule has 0 aliphatic rings. The second-order valence-electron chi connectivity index (χ2n) is 5.83. The predicted molar refractivity (Wildman–Crippen MR) is 100 cm³/mol. The highest BCUT2D eigenvalue weighted by Gasteiger charge is 2.20. The summed E-state index contributed by atoms with van der Waals surface area (Å²) >= 11 is 1.04. The van der Waals surface area contributed by atoms with Crippen molar-refractivity contribution in [2.75, 3.05) is 10.0 Å². The van der Waals surface area contributed by atoms with Gasteiger partial charge in [-0.2, -0.15) is 0 Å². The minimum absolute atomic E-state index is 0.0298. The molecule has 0 spiro atoms. The summed E-state index contributed by atoms with van der Waals surface area (Å²) in [5.74, 6) is 0.391. The molecule has 1 aromatic carbocycles. The van der Waals surface area contributed by atoms with E-state index >= 15 is 0 Å². The molecule has 2 heterocycles. The molecule has 2 N–H and O–H groups in total. The number of rotatable bonds is 5. The van der Waals surface area contributed by atoms with Gasteiger partial charge in [-0.15, -0.1) is 11.3 Å². The van der Waals surface area contributed by atoms with Crippen molar-refractivity contribution in [3.05, 3.63) is 57.5 Å². The minimum atomic E-state index is -3.78. The molecule has 3 aromatic rings. The molecule has 0 aliphatic carbocycles. The molecule has 0 unspecified atom stereocenters. The van der Waals surface area contributed by atoms with Crippen LogP contribution in [0.5, 0.6) is 0 Å². The fourth-order valence-electron chi connectivity index (χ4n) is 2.20. The van der Waals surface area contributed by atoms with E-state index in [-0.39, 0.29) is 15.6 Å². The van der Waals surface area contributed by atoms with Gasteiger partial charge in [0.1, 0.15) is 5.76 Å². The third-order valence-corrected chi connectivity index (χ3v) is 6.18. The maximum Gasteiger partial charge on any atom is 0.267 e. The van der Waals surface area contributed by atoms with Gasteiger partial charge in [0.05, 0.1) is 9.77 Å². The summed E-state index contributed by atoms with van der Waals surface area (Å²) in [5.41, 5.74) is 2.53. The summed E-state index contributed by atoms with van der Waals surface area (Å²) in [4.78, 5) is 12.5. The van der Waals surface area contributed by atoms with Gasteiger partial charge < -0.3 is 9.84 Å². The van der Waals surface area contributed by atoms with E-state index in [2.05, 4.69) is 15.2 Å². The number of benzene rings is 1. The first-order chi connectivity index (χ1) is 12.2. The number of hydrogen-bond acceptors (Lipinski definition) is 6. The van der Waals surface area contributed by atoms with E-state index in [0.717, 1.165) is 22.5 Å². The second-order valence-corrected chi connectivity index (χ2v) is 8.42. The van der Waals surface area contributed by atoms with Gasteiger partial charge in [-0.05, 0) is 50.1 Å². The Balaban J connectivity index is 1.76. The summed E-state index contributed by atoms with van der Waals surface area (Å²) in [5, 5.41) is 7.66. The van der Waals surface area contributed by atoms with E-state index in [0.29, 0.717) is 11.4 Å². The summed E-state index contributed by atoms with van der Waals surface area (Å²) in [6.07, 6.45) is 0. The van der Waals surface area contributed by atoms with Crippen LogP contribution in [0, 0.1) is 20.8 Å². The van der Waals surface area contributed by atoms with Crippen molar-refractivity contribution in [2.45, 2.75) is 25.7 Å². The predicted octanol–water partition coefficient (Wildman–Crippen LogP) is 3.71. The van der Waals surface area contributed by atoms with Gasteiger partial charge in [0, 0.05) is 17.1 Å². The van der Waals surface area contributed by atoms with Gasteiger partial charge in [0.15, 0.2) is 5.82 Å². The quantitative estimate of drug-likeness (QED) is 0.690. The highest BCUT2D eigenvalue weighted by molar-refractivity contribution is 7.92. The lowest BCUT2D eigenvalue weighted by atomic mass is 10.1. The lowest BCUT2D eigenvalue weighted by Crippen LogP contribution is -2.13. The number of sulfonamides is 1. The molecule has 0 aliphatic heterocycles. The third kappa shape index (κ3) is 3.94. The number of hydrogen-bond donors (Lipinski definition) is 2. The Morgan fingerprint density at radius 1 is 1.12 bits per heavy atom. The number of carbonyl (C=O) groups excluding carboxylic acids is 1. The molecule has 136 valence electrons. The molecule has 1 amide bonds. The maximum atomic E-state index is 12.5. The SMILES string of the molecule is Cc1cc(NC(=O)c2cc(S(=O)(=O)Nc3ccc(C)c(C)c3)cs2)no1. The van der Waals surface area contributed by atoms with E-state index in [9.17, 15) is 13.2 Å². The molecule has 9 heteroatoms. The Hall–Kier alpha value is -2.65. The van der Waals surface area contributed by atoms with Crippen LogP contribution in [-0.4, -0.2) is 19.5 Å². The van der Waals surface area contributed by atoms with Crippen molar-refractivity contribution >= 4 is 38.8 Å². The molecular weight excluding hydrogens is 374 g/mol. The molecule has 2 aromatic heterocycles. The molecule has 0 saturated carbocycles. The number of nitrogens with one attached hydrogen (secondary N) is 2. The Morgan fingerprint density at radius 2 is 1.88 bits per heavy atom. The molecule has 26 heavy (non-hydrogen) atoms. The van der Waals surface area contributed by atoms with Crippen LogP contribution in [0.4, 0.5) is 11.5 Å². The number of aromatic nitrogens is 1. The molecule has 0 fully saturated rings. The van der Waals surface area contributed by atoms with Crippen LogP contribution >= 0.6 is 11.3 Å². The van der Waals surface area contributed by atoms with Gasteiger partial charge in [-0.1, -0.05) is 11.2 Å². The summed E-state index contributed by atoms with van der Waals surface area (Å²) in [6.45, 7) is 5.57. The van der Waals surface area contributed by atoms with Crippen LogP contribution in [0.2, 0.25) is 0 Å². The zero-order chi connectivity index (χ0) is 18.9. The van der Waals surface area contributed by atoms with E-state index in [4.69, 9.17) is 4.52 Å². The lowest BCUT2D eigenvalue weighted by Gasteiger charge is -2.08. The zero-order valence-corrected chi connectivity index (χ0v) is 16.0. The Kier molecular flexibility index (Phi) is 4.84. The minimum Gasteiger partial charge on any atom is -0.360 e. The van der Waals surface area contributed by atoms with Crippen molar-refractivity contribution < 1.29 is 17.7 Å². The lowest BCUT2D eigenvalue weighted by molar-refractivity contribution is 0.102. The monoisotopic (exact) mass is 391 g/mol. The van der Waals surface area contributed by atoms with Crippen LogP contribution in [0.3, 0.4) is 0 Å². The van der Waals surface area contributed by atoms with Crippen LogP contribution in [0.15, 0.2) is 45.1 Å². The molecule has 0 radical (unpaired) electrons. The van der Waals surface area contributed by atoms with Crippen LogP contribution in [0.1, 0.15) is 26.6 Å². The van der Waals surface area contributed by atoms with Gasteiger partial charge in [-0.25, -0.2) is 8.42 Å². The fraction of sp³-hybridized carbons (Fsp3) is 0.176. The number of thiophene rings is 1. The smallest absolute Gasteiger partial charge is 0.267 e. The normalized spacial score (nSPS) is 11.3. The van der Waals surface area contributed by atoms with Gasteiger partial charge in [0.2, 0.25) is 0 Å². The molecule has 0 bridgehead atoms. The van der Waals surface area contributed by atoms with E-state index in [1.165, 1.54) is 11.4 Å². The topological polar surface area (TPSA) is 101 Å². The number of aryl methyl sites for hydroxylation is 3. The first-order valence-corrected chi connectivity index (χ1v) is 10.0. The third-order valence-electron chi connectivity index (χ3n) is 3.74. The zero-order valence-electron chi connectivity index (χ0n) is 14.4. The highest BCUT2D eigenvalue weighted by Crippen LogP contribution is 2.24. The molecule has 3 rings (SSSR count). The van der Waals surface area contributed by atoms with Crippen molar-refractivity contribution in [3.63, 3.8) is 0 Å². The molecule has 0 saturated heterocycles. The van der Waals surface area contributed by atoms with Crippen LogP contribution < -0.4 is 10.0 Å².